The SMILES string of the molecule is Fc1ccc(COc2cc(C#CCCl)ccc2F)c(Cl)c1. The molecule has 1 nitrogen and oxygen atoms in total. The van der Waals surface area contributed by atoms with E-state index < -0.39 is 11.6 Å². The summed E-state index contributed by atoms with van der Waals surface area (Å²) in [5.74, 6) is 4.75. The van der Waals surface area contributed by atoms with Crippen molar-refractivity contribution < 1.29 is 13.5 Å². The van der Waals surface area contributed by atoms with Gasteiger partial charge in [0.1, 0.15) is 12.4 Å². The van der Waals surface area contributed by atoms with Crippen molar-refractivity contribution in [2.75, 3.05) is 5.88 Å². The summed E-state index contributed by atoms with van der Waals surface area (Å²) in [7, 11) is 0. The Kier molecular flexibility index (Phi) is 5.44. The van der Waals surface area contributed by atoms with Crippen molar-refractivity contribution in [1.82, 2.24) is 0 Å². The highest BCUT2D eigenvalue weighted by Gasteiger charge is 2.07. The largest absolute Gasteiger partial charge is 0.486 e. The Morgan fingerprint density at radius 2 is 1.90 bits per heavy atom. The molecular weight excluding hydrogens is 317 g/mol. The molecule has 0 aromatic heterocycles. The predicted molar refractivity (Wildman–Crippen MR) is 79.7 cm³/mol. The molecule has 108 valence electrons. The van der Waals surface area contributed by atoms with E-state index in [1.54, 1.807) is 0 Å². The number of hydrogen-bond donors (Lipinski definition) is 0. The van der Waals surface area contributed by atoms with Gasteiger partial charge in [0.05, 0.1) is 10.9 Å². The summed E-state index contributed by atoms with van der Waals surface area (Å²) < 4.78 is 32.0. The van der Waals surface area contributed by atoms with Crippen molar-refractivity contribution in [2.45, 2.75) is 6.61 Å². The van der Waals surface area contributed by atoms with Gasteiger partial charge >= 0.3 is 0 Å². The molecule has 0 spiro atoms. The van der Waals surface area contributed by atoms with E-state index in [-0.39, 0.29) is 23.3 Å². The minimum absolute atomic E-state index is 0.0302. The normalized spacial score (nSPS) is 9.90. The van der Waals surface area contributed by atoms with Crippen LogP contribution in [0.4, 0.5) is 8.78 Å². The summed E-state index contributed by atoms with van der Waals surface area (Å²) in [6.45, 7) is 0.0302. The Bertz CT molecular complexity index is 705. The fraction of sp³-hybridized carbons (Fsp3) is 0.125. The number of ether oxygens (including phenoxy) is 1. The van der Waals surface area contributed by atoms with Gasteiger partial charge in [-0.25, -0.2) is 8.78 Å². The van der Waals surface area contributed by atoms with Gasteiger partial charge in [0.25, 0.3) is 0 Å². The van der Waals surface area contributed by atoms with Gasteiger partial charge in [0.2, 0.25) is 0 Å². The zero-order valence-electron chi connectivity index (χ0n) is 10.8. The topological polar surface area (TPSA) is 9.23 Å². The van der Waals surface area contributed by atoms with Crippen LogP contribution in [0.25, 0.3) is 0 Å². The molecule has 0 N–H and O–H groups in total. The van der Waals surface area contributed by atoms with Crippen LogP contribution in [0.5, 0.6) is 5.75 Å². The first-order valence-corrected chi connectivity index (χ1v) is 6.92. The molecule has 2 rings (SSSR count). The summed E-state index contributed by atoms with van der Waals surface area (Å²) in [5, 5.41) is 0.230. The average molecular weight is 327 g/mol. The van der Waals surface area contributed by atoms with E-state index in [0.29, 0.717) is 11.1 Å². The number of halogens is 4. The molecule has 0 aliphatic heterocycles. The van der Waals surface area contributed by atoms with E-state index in [9.17, 15) is 8.78 Å². The Morgan fingerprint density at radius 3 is 2.62 bits per heavy atom. The lowest BCUT2D eigenvalue weighted by atomic mass is 10.2. The molecule has 0 atom stereocenters. The van der Waals surface area contributed by atoms with Crippen LogP contribution in [0.2, 0.25) is 5.02 Å². The van der Waals surface area contributed by atoms with E-state index in [4.69, 9.17) is 27.9 Å². The van der Waals surface area contributed by atoms with Gasteiger partial charge in [0.15, 0.2) is 11.6 Å². The first-order valence-electron chi connectivity index (χ1n) is 6.01. The van der Waals surface area contributed by atoms with Crippen molar-refractivity contribution in [2.24, 2.45) is 0 Å². The highest BCUT2D eigenvalue weighted by molar-refractivity contribution is 6.31. The second-order valence-electron chi connectivity index (χ2n) is 4.11. The van der Waals surface area contributed by atoms with Crippen LogP contribution in [0, 0.1) is 23.5 Å². The second kappa shape index (κ2) is 7.31. The van der Waals surface area contributed by atoms with Gasteiger partial charge in [0, 0.05) is 11.1 Å². The Morgan fingerprint density at radius 1 is 1.10 bits per heavy atom. The second-order valence-corrected chi connectivity index (χ2v) is 4.78. The van der Waals surface area contributed by atoms with Crippen LogP contribution in [-0.2, 0) is 6.61 Å². The van der Waals surface area contributed by atoms with E-state index in [2.05, 4.69) is 11.8 Å². The van der Waals surface area contributed by atoms with Crippen molar-refractivity contribution in [3.8, 4) is 17.6 Å². The van der Waals surface area contributed by atoms with Crippen LogP contribution >= 0.6 is 23.2 Å². The molecule has 2 aromatic carbocycles. The van der Waals surface area contributed by atoms with Crippen LogP contribution in [0.1, 0.15) is 11.1 Å². The predicted octanol–water partition coefficient (Wildman–Crippen LogP) is 4.79. The zero-order chi connectivity index (χ0) is 15.2. The molecular formula is C16H10Cl2F2O. The monoisotopic (exact) mass is 326 g/mol. The highest BCUT2D eigenvalue weighted by Crippen LogP contribution is 2.23. The third-order valence-corrected chi connectivity index (χ3v) is 3.11. The van der Waals surface area contributed by atoms with Crippen molar-refractivity contribution in [1.29, 1.82) is 0 Å². The first kappa shape index (κ1) is 15.6. The molecule has 2 aromatic rings. The summed E-state index contributed by atoms with van der Waals surface area (Å²) >= 11 is 11.4. The number of alkyl halides is 1. The first-order chi connectivity index (χ1) is 10.1. The minimum atomic E-state index is -0.510. The standard InChI is InChI=1S/C16H10Cl2F2O/c17-7-1-2-11-3-6-15(20)16(8-11)21-10-12-4-5-13(19)9-14(12)18/h3-6,8-9H,7,10H2. The minimum Gasteiger partial charge on any atom is -0.486 e. The quantitative estimate of drug-likeness (QED) is 0.582. The van der Waals surface area contributed by atoms with Gasteiger partial charge in [-0.1, -0.05) is 29.5 Å². The van der Waals surface area contributed by atoms with Crippen molar-refractivity contribution in [3.05, 3.63) is 64.2 Å². The molecule has 21 heavy (non-hydrogen) atoms. The Hall–Kier alpha value is -1.76. The fourth-order valence-electron chi connectivity index (χ4n) is 1.62. The third-order valence-electron chi connectivity index (χ3n) is 2.63. The van der Waals surface area contributed by atoms with Gasteiger partial charge < -0.3 is 4.74 Å². The lowest BCUT2D eigenvalue weighted by molar-refractivity contribution is 0.290. The number of rotatable bonds is 3. The van der Waals surface area contributed by atoms with Crippen LogP contribution in [0.3, 0.4) is 0 Å². The maximum atomic E-state index is 13.7. The molecule has 0 unspecified atom stereocenters. The number of hydrogen-bond acceptors (Lipinski definition) is 1. The van der Waals surface area contributed by atoms with Gasteiger partial charge in [-0.2, -0.15) is 0 Å². The molecule has 0 radical (unpaired) electrons. The molecule has 5 heteroatoms. The lowest BCUT2D eigenvalue weighted by Gasteiger charge is -2.09. The van der Waals surface area contributed by atoms with Gasteiger partial charge in [-0.15, -0.1) is 11.6 Å². The molecule has 0 bridgehead atoms. The summed E-state index contributed by atoms with van der Waals surface area (Å²) in [4.78, 5) is 0. The Labute approximate surface area is 131 Å². The van der Waals surface area contributed by atoms with E-state index in [1.165, 1.54) is 36.4 Å². The summed E-state index contributed by atoms with van der Waals surface area (Å²) in [5.41, 5.74) is 1.16. The molecule has 0 aliphatic carbocycles. The summed E-state index contributed by atoms with van der Waals surface area (Å²) in [6, 6.07) is 8.22. The Balaban J connectivity index is 2.15. The molecule has 0 fully saturated rings. The highest BCUT2D eigenvalue weighted by atomic mass is 35.5. The average Bonchev–Trinajstić information content (AvgIpc) is 2.46. The lowest BCUT2D eigenvalue weighted by Crippen LogP contribution is -1.99. The van der Waals surface area contributed by atoms with Gasteiger partial charge in [-0.05, 0) is 30.3 Å². The molecule has 0 aliphatic rings. The molecule has 0 saturated heterocycles. The smallest absolute Gasteiger partial charge is 0.165 e. The van der Waals surface area contributed by atoms with Gasteiger partial charge in [-0.3, -0.25) is 0 Å². The molecule has 0 heterocycles. The van der Waals surface area contributed by atoms with Crippen LogP contribution < -0.4 is 4.74 Å². The maximum Gasteiger partial charge on any atom is 0.165 e. The maximum absolute atomic E-state index is 13.7. The van der Waals surface area contributed by atoms with E-state index in [1.807, 2.05) is 0 Å². The molecule has 0 saturated carbocycles. The van der Waals surface area contributed by atoms with E-state index in [0.717, 1.165) is 0 Å². The number of benzene rings is 2. The van der Waals surface area contributed by atoms with Crippen molar-refractivity contribution in [3.63, 3.8) is 0 Å². The van der Waals surface area contributed by atoms with Crippen molar-refractivity contribution >= 4 is 23.2 Å². The van der Waals surface area contributed by atoms with Crippen LogP contribution in [0.15, 0.2) is 36.4 Å². The fourth-order valence-corrected chi connectivity index (χ4v) is 1.91. The summed E-state index contributed by atoms with van der Waals surface area (Å²) in [6.07, 6.45) is 0. The zero-order valence-corrected chi connectivity index (χ0v) is 12.3. The third kappa shape index (κ3) is 4.35. The van der Waals surface area contributed by atoms with E-state index >= 15 is 0 Å². The van der Waals surface area contributed by atoms with Crippen LogP contribution in [-0.4, -0.2) is 5.88 Å². The molecule has 0 amide bonds.